The second kappa shape index (κ2) is 9.49. The monoisotopic (exact) mass is 506 g/mol. The van der Waals surface area contributed by atoms with Gasteiger partial charge in [-0.3, -0.25) is 9.10 Å². The molecule has 31 heavy (non-hydrogen) atoms. The van der Waals surface area contributed by atoms with E-state index in [1.165, 1.54) is 43.5 Å². The lowest BCUT2D eigenvalue weighted by Gasteiger charge is -2.24. The Bertz CT molecular complexity index is 1180. The fourth-order valence-electron chi connectivity index (χ4n) is 2.81. The number of ether oxygens (including phenoxy) is 1. The van der Waals surface area contributed by atoms with Gasteiger partial charge in [0.05, 0.1) is 23.4 Å². The third kappa shape index (κ3) is 5.42. The van der Waals surface area contributed by atoms with Crippen LogP contribution in [0.15, 0.2) is 76.1 Å². The average molecular weight is 507 g/mol. The Morgan fingerprint density at radius 2 is 1.71 bits per heavy atom. The summed E-state index contributed by atoms with van der Waals surface area (Å²) in [7, 11) is -2.57. The van der Waals surface area contributed by atoms with Crippen molar-refractivity contribution < 1.29 is 22.3 Å². The van der Waals surface area contributed by atoms with Crippen LogP contribution in [-0.2, 0) is 14.8 Å². The van der Waals surface area contributed by atoms with Crippen LogP contribution in [0.1, 0.15) is 5.56 Å². The second-order valence-electron chi connectivity index (χ2n) is 6.70. The third-order valence-corrected chi connectivity index (χ3v) is 6.74. The Balaban J connectivity index is 1.94. The van der Waals surface area contributed by atoms with E-state index in [1.807, 2.05) is 6.92 Å². The average Bonchev–Trinajstić information content (AvgIpc) is 2.74. The van der Waals surface area contributed by atoms with E-state index in [1.54, 1.807) is 30.3 Å². The minimum absolute atomic E-state index is 0.0385. The minimum atomic E-state index is -4.06. The molecule has 0 fully saturated rings. The molecule has 0 radical (unpaired) electrons. The maximum Gasteiger partial charge on any atom is 0.264 e. The molecule has 0 aliphatic carbocycles. The molecule has 0 spiro atoms. The van der Waals surface area contributed by atoms with E-state index in [4.69, 9.17) is 4.74 Å². The number of amides is 1. The number of sulfonamides is 1. The summed E-state index contributed by atoms with van der Waals surface area (Å²) in [6.45, 7) is 1.30. The van der Waals surface area contributed by atoms with E-state index in [9.17, 15) is 17.6 Å². The molecule has 1 amide bonds. The number of methoxy groups -OCH3 is 1. The maximum atomic E-state index is 14.1. The highest BCUT2D eigenvalue weighted by molar-refractivity contribution is 9.10. The summed E-state index contributed by atoms with van der Waals surface area (Å²) in [4.78, 5) is 12.7. The Kier molecular flexibility index (Phi) is 6.97. The van der Waals surface area contributed by atoms with Crippen LogP contribution in [0.4, 0.5) is 15.8 Å². The Labute approximate surface area is 188 Å². The topological polar surface area (TPSA) is 75.7 Å². The van der Waals surface area contributed by atoms with Gasteiger partial charge in [0.1, 0.15) is 18.1 Å². The molecule has 9 heteroatoms. The lowest BCUT2D eigenvalue weighted by molar-refractivity contribution is -0.114. The summed E-state index contributed by atoms with van der Waals surface area (Å²) in [5.74, 6) is -0.786. The number of carbonyl (C=O) groups excluding carboxylic acids is 1. The summed E-state index contributed by atoms with van der Waals surface area (Å²) < 4.78 is 47.4. The maximum absolute atomic E-state index is 14.1. The predicted molar refractivity (Wildman–Crippen MR) is 121 cm³/mol. The normalized spacial score (nSPS) is 11.1. The summed E-state index contributed by atoms with van der Waals surface area (Å²) in [5.41, 5.74) is 1.13. The largest absolute Gasteiger partial charge is 0.497 e. The van der Waals surface area contributed by atoms with E-state index in [0.717, 1.165) is 9.87 Å². The molecule has 0 saturated carbocycles. The molecular weight excluding hydrogens is 487 g/mol. The molecule has 3 rings (SSSR count). The van der Waals surface area contributed by atoms with Crippen molar-refractivity contribution in [2.24, 2.45) is 0 Å². The predicted octanol–water partition coefficient (Wildman–Crippen LogP) is 4.74. The van der Waals surface area contributed by atoms with Crippen molar-refractivity contribution in [3.63, 3.8) is 0 Å². The van der Waals surface area contributed by atoms with Gasteiger partial charge in [0.2, 0.25) is 5.91 Å². The van der Waals surface area contributed by atoms with Gasteiger partial charge >= 0.3 is 0 Å². The third-order valence-electron chi connectivity index (χ3n) is 4.46. The molecule has 0 aliphatic heterocycles. The Hall–Kier alpha value is -2.91. The highest BCUT2D eigenvalue weighted by Gasteiger charge is 2.27. The molecule has 0 aromatic heterocycles. The number of benzene rings is 3. The number of carbonyl (C=O) groups is 1. The van der Waals surface area contributed by atoms with Crippen molar-refractivity contribution in [3.8, 4) is 5.75 Å². The molecule has 3 aromatic rings. The molecule has 0 heterocycles. The van der Waals surface area contributed by atoms with Crippen LogP contribution >= 0.6 is 15.9 Å². The van der Waals surface area contributed by atoms with Crippen molar-refractivity contribution in [2.45, 2.75) is 11.8 Å². The van der Waals surface area contributed by atoms with Crippen molar-refractivity contribution >= 4 is 43.2 Å². The summed E-state index contributed by atoms with van der Waals surface area (Å²) in [5, 5.41) is 2.43. The first-order valence-corrected chi connectivity index (χ1v) is 11.4. The first kappa shape index (κ1) is 22.8. The number of rotatable bonds is 7. The molecule has 0 unspecified atom stereocenters. The number of nitrogens with zero attached hydrogens (tertiary/aromatic N) is 1. The van der Waals surface area contributed by atoms with Gasteiger partial charge in [0.15, 0.2) is 0 Å². The van der Waals surface area contributed by atoms with Crippen molar-refractivity contribution in [2.75, 3.05) is 23.3 Å². The lowest BCUT2D eigenvalue weighted by atomic mass is 10.2. The van der Waals surface area contributed by atoms with Gasteiger partial charge < -0.3 is 10.1 Å². The molecule has 1 N–H and O–H groups in total. The van der Waals surface area contributed by atoms with Crippen molar-refractivity contribution in [3.05, 3.63) is 82.6 Å². The van der Waals surface area contributed by atoms with Gasteiger partial charge in [0, 0.05) is 4.47 Å². The lowest BCUT2D eigenvalue weighted by Crippen LogP contribution is -2.38. The number of hydrogen-bond donors (Lipinski definition) is 1. The van der Waals surface area contributed by atoms with Gasteiger partial charge in [-0.25, -0.2) is 12.8 Å². The zero-order chi connectivity index (χ0) is 22.6. The van der Waals surface area contributed by atoms with Gasteiger partial charge in [-0.05, 0) is 61.5 Å². The molecule has 162 valence electrons. The van der Waals surface area contributed by atoms with Crippen LogP contribution < -0.4 is 14.4 Å². The van der Waals surface area contributed by atoms with Crippen LogP contribution in [-0.4, -0.2) is 28.0 Å². The van der Waals surface area contributed by atoms with Gasteiger partial charge in [-0.2, -0.15) is 0 Å². The number of hydrogen-bond acceptors (Lipinski definition) is 4. The SMILES string of the molecule is COc1ccc(N(CC(=O)Nc2ccc(Br)cc2F)S(=O)(=O)c2ccc(C)cc2)cc1. The van der Waals surface area contributed by atoms with Crippen LogP contribution in [0.3, 0.4) is 0 Å². The summed E-state index contributed by atoms with van der Waals surface area (Å²) in [6, 6.07) is 16.8. The summed E-state index contributed by atoms with van der Waals surface area (Å²) in [6.07, 6.45) is 0. The van der Waals surface area contributed by atoms with Crippen molar-refractivity contribution in [1.82, 2.24) is 0 Å². The molecule has 0 atom stereocenters. The van der Waals surface area contributed by atoms with E-state index >= 15 is 0 Å². The fourth-order valence-corrected chi connectivity index (χ4v) is 4.57. The highest BCUT2D eigenvalue weighted by Crippen LogP contribution is 2.26. The van der Waals surface area contributed by atoms with Crippen LogP contribution in [0.5, 0.6) is 5.75 Å². The van der Waals surface area contributed by atoms with Crippen LogP contribution in [0.25, 0.3) is 0 Å². The Morgan fingerprint density at radius 3 is 2.29 bits per heavy atom. The van der Waals surface area contributed by atoms with E-state index < -0.39 is 28.3 Å². The second-order valence-corrected chi connectivity index (χ2v) is 9.47. The molecule has 6 nitrogen and oxygen atoms in total. The fraction of sp³-hybridized carbons (Fsp3) is 0.136. The number of aryl methyl sites for hydroxylation is 1. The first-order valence-electron chi connectivity index (χ1n) is 9.19. The minimum Gasteiger partial charge on any atom is -0.497 e. The number of halogens is 2. The van der Waals surface area contributed by atoms with Crippen LogP contribution in [0.2, 0.25) is 0 Å². The zero-order valence-corrected chi connectivity index (χ0v) is 19.2. The number of nitrogens with one attached hydrogen (secondary N) is 1. The van der Waals surface area contributed by atoms with Gasteiger partial charge in [-0.15, -0.1) is 0 Å². The van der Waals surface area contributed by atoms with Gasteiger partial charge in [-0.1, -0.05) is 33.6 Å². The Morgan fingerprint density at radius 1 is 1.06 bits per heavy atom. The molecule has 0 aliphatic rings. The van der Waals surface area contributed by atoms with E-state index in [0.29, 0.717) is 10.2 Å². The molecule has 3 aromatic carbocycles. The number of anilines is 2. The molecule has 0 saturated heterocycles. The van der Waals surface area contributed by atoms with E-state index in [2.05, 4.69) is 21.2 Å². The van der Waals surface area contributed by atoms with Crippen LogP contribution in [0, 0.1) is 12.7 Å². The standard InChI is InChI=1S/C22H20BrFN2O4S/c1-15-3-10-19(11-4-15)31(28,29)26(17-6-8-18(30-2)9-7-17)14-22(27)25-21-12-5-16(23)13-20(21)24/h3-13H,14H2,1-2H3,(H,25,27). The first-order chi connectivity index (χ1) is 14.7. The van der Waals surface area contributed by atoms with Gasteiger partial charge in [0.25, 0.3) is 10.0 Å². The smallest absolute Gasteiger partial charge is 0.264 e. The highest BCUT2D eigenvalue weighted by atomic mass is 79.9. The zero-order valence-electron chi connectivity index (χ0n) is 16.8. The van der Waals surface area contributed by atoms with E-state index in [-0.39, 0.29) is 16.3 Å². The summed E-state index contributed by atoms with van der Waals surface area (Å²) >= 11 is 3.15. The molecular formula is C22H20BrFN2O4S. The quantitative estimate of drug-likeness (QED) is 0.502. The molecule has 0 bridgehead atoms. The van der Waals surface area contributed by atoms with Crippen molar-refractivity contribution in [1.29, 1.82) is 0 Å².